The zero-order chi connectivity index (χ0) is 11.0. The fourth-order valence-electron chi connectivity index (χ4n) is 2.30. The highest BCUT2D eigenvalue weighted by Gasteiger charge is 2.24. The number of hydrogen-bond acceptors (Lipinski definition) is 1. The van der Waals surface area contributed by atoms with Crippen molar-refractivity contribution < 1.29 is 4.79 Å². The maximum Gasteiger partial charge on any atom is 0.186 e. The molecule has 0 bridgehead atoms. The van der Waals surface area contributed by atoms with E-state index >= 15 is 0 Å². The normalized spacial score (nSPS) is 20.1. The molecular weight excluding hydrogens is 184 g/mol. The van der Waals surface area contributed by atoms with Crippen LogP contribution in [-0.2, 0) is 0 Å². The lowest BCUT2D eigenvalue weighted by Crippen LogP contribution is -2.16. The van der Waals surface area contributed by atoms with Crippen LogP contribution in [0.15, 0.2) is 35.9 Å². The van der Waals surface area contributed by atoms with Gasteiger partial charge < -0.3 is 0 Å². The first-order valence-corrected chi connectivity index (χ1v) is 5.46. The quantitative estimate of drug-likeness (QED) is 0.677. The molecular formula is C14H16O. The van der Waals surface area contributed by atoms with E-state index in [-0.39, 0.29) is 5.78 Å². The molecule has 0 saturated carbocycles. The molecule has 1 heteroatoms. The van der Waals surface area contributed by atoms with Crippen molar-refractivity contribution in [3.63, 3.8) is 0 Å². The van der Waals surface area contributed by atoms with Crippen LogP contribution >= 0.6 is 0 Å². The molecule has 0 spiro atoms. The van der Waals surface area contributed by atoms with Crippen LogP contribution in [0.5, 0.6) is 0 Å². The molecule has 15 heavy (non-hydrogen) atoms. The maximum absolute atomic E-state index is 11.9. The second-order valence-corrected chi connectivity index (χ2v) is 4.47. The summed E-state index contributed by atoms with van der Waals surface area (Å²) in [6, 6.07) is 7.92. The molecule has 1 aliphatic rings. The summed E-state index contributed by atoms with van der Waals surface area (Å²) >= 11 is 0. The fraction of sp³-hybridized carbons (Fsp3) is 0.357. The molecule has 0 aliphatic heterocycles. The monoisotopic (exact) mass is 200 g/mol. The second-order valence-electron chi connectivity index (χ2n) is 4.47. The third kappa shape index (κ3) is 1.63. The standard InChI is InChI=1S/C14H16O/c1-9(2)13-8-14(15)12-7-5-4-6-11(12)10(13)3/h4-10H,1-3H3. The molecule has 2 rings (SSSR count). The van der Waals surface area contributed by atoms with Gasteiger partial charge in [-0.05, 0) is 17.6 Å². The Bertz CT molecular complexity index is 427. The molecule has 0 amide bonds. The Labute approximate surface area is 90.8 Å². The highest BCUT2D eigenvalue weighted by molar-refractivity contribution is 6.07. The minimum Gasteiger partial charge on any atom is -0.289 e. The van der Waals surface area contributed by atoms with Crippen LogP contribution in [-0.4, -0.2) is 5.78 Å². The molecule has 1 aromatic carbocycles. The van der Waals surface area contributed by atoms with Crippen LogP contribution in [0.2, 0.25) is 0 Å². The van der Waals surface area contributed by atoms with Crippen LogP contribution in [0, 0.1) is 5.92 Å². The van der Waals surface area contributed by atoms with Crippen molar-refractivity contribution >= 4 is 5.78 Å². The number of fused-ring (bicyclic) bond motifs is 1. The predicted molar refractivity (Wildman–Crippen MR) is 62.1 cm³/mol. The molecule has 1 atom stereocenters. The van der Waals surface area contributed by atoms with E-state index in [1.165, 1.54) is 11.1 Å². The smallest absolute Gasteiger partial charge is 0.186 e. The highest BCUT2D eigenvalue weighted by Crippen LogP contribution is 2.35. The van der Waals surface area contributed by atoms with Gasteiger partial charge in [0, 0.05) is 11.5 Å². The summed E-state index contributed by atoms with van der Waals surface area (Å²) < 4.78 is 0. The Balaban J connectivity index is 2.53. The summed E-state index contributed by atoms with van der Waals surface area (Å²) in [6.07, 6.45) is 1.82. The molecule has 0 aromatic heterocycles. The first-order valence-electron chi connectivity index (χ1n) is 5.46. The molecule has 0 heterocycles. The van der Waals surface area contributed by atoms with Gasteiger partial charge >= 0.3 is 0 Å². The Morgan fingerprint density at radius 3 is 2.53 bits per heavy atom. The average Bonchev–Trinajstić information content (AvgIpc) is 2.23. The lowest BCUT2D eigenvalue weighted by atomic mass is 9.78. The van der Waals surface area contributed by atoms with E-state index in [2.05, 4.69) is 26.8 Å². The molecule has 1 nitrogen and oxygen atoms in total. The van der Waals surface area contributed by atoms with E-state index in [4.69, 9.17) is 0 Å². The zero-order valence-electron chi connectivity index (χ0n) is 9.45. The minimum atomic E-state index is 0.160. The molecule has 78 valence electrons. The van der Waals surface area contributed by atoms with Crippen molar-refractivity contribution in [2.24, 2.45) is 5.92 Å². The average molecular weight is 200 g/mol. The Hall–Kier alpha value is -1.37. The predicted octanol–water partition coefficient (Wildman–Crippen LogP) is 3.57. The van der Waals surface area contributed by atoms with Gasteiger partial charge in [0.2, 0.25) is 0 Å². The summed E-state index contributed by atoms with van der Waals surface area (Å²) in [5.41, 5.74) is 3.29. The third-order valence-electron chi connectivity index (χ3n) is 3.16. The van der Waals surface area contributed by atoms with Crippen LogP contribution in [0.3, 0.4) is 0 Å². The van der Waals surface area contributed by atoms with Crippen molar-refractivity contribution in [1.82, 2.24) is 0 Å². The van der Waals surface area contributed by atoms with Gasteiger partial charge in [-0.25, -0.2) is 0 Å². The summed E-state index contributed by atoms with van der Waals surface area (Å²) in [5, 5.41) is 0. The Morgan fingerprint density at radius 1 is 1.20 bits per heavy atom. The van der Waals surface area contributed by atoms with Gasteiger partial charge in [-0.2, -0.15) is 0 Å². The van der Waals surface area contributed by atoms with Gasteiger partial charge in [0.15, 0.2) is 5.78 Å². The fourth-order valence-corrected chi connectivity index (χ4v) is 2.30. The van der Waals surface area contributed by atoms with Crippen molar-refractivity contribution in [2.75, 3.05) is 0 Å². The van der Waals surface area contributed by atoms with Crippen LogP contribution in [0.1, 0.15) is 42.6 Å². The maximum atomic E-state index is 11.9. The Morgan fingerprint density at radius 2 is 1.87 bits per heavy atom. The van der Waals surface area contributed by atoms with Gasteiger partial charge in [0.25, 0.3) is 0 Å². The van der Waals surface area contributed by atoms with E-state index in [1.54, 1.807) is 0 Å². The van der Waals surface area contributed by atoms with E-state index in [9.17, 15) is 4.79 Å². The first-order chi connectivity index (χ1) is 7.11. The Kier molecular flexibility index (Phi) is 2.47. The topological polar surface area (TPSA) is 17.1 Å². The molecule has 0 radical (unpaired) electrons. The van der Waals surface area contributed by atoms with Crippen molar-refractivity contribution in [2.45, 2.75) is 26.7 Å². The number of ketones is 1. The zero-order valence-corrected chi connectivity index (χ0v) is 9.45. The van der Waals surface area contributed by atoms with Gasteiger partial charge in [-0.15, -0.1) is 0 Å². The lowest BCUT2D eigenvalue weighted by Gasteiger charge is -2.25. The lowest BCUT2D eigenvalue weighted by molar-refractivity contribution is 0.104. The van der Waals surface area contributed by atoms with Crippen LogP contribution in [0.25, 0.3) is 0 Å². The third-order valence-corrected chi connectivity index (χ3v) is 3.16. The van der Waals surface area contributed by atoms with Crippen molar-refractivity contribution in [1.29, 1.82) is 0 Å². The van der Waals surface area contributed by atoms with Gasteiger partial charge in [0.05, 0.1) is 0 Å². The largest absolute Gasteiger partial charge is 0.289 e. The summed E-state index contributed by atoms with van der Waals surface area (Å²) in [6.45, 7) is 6.46. The molecule has 1 unspecified atom stereocenters. The molecule has 0 saturated heterocycles. The summed E-state index contributed by atoms with van der Waals surface area (Å²) in [4.78, 5) is 11.9. The van der Waals surface area contributed by atoms with E-state index in [0.29, 0.717) is 11.8 Å². The van der Waals surface area contributed by atoms with Crippen LogP contribution < -0.4 is 0 Å². The van der Waals surface area contributed by atoms with E-state index in [0.717, 1.165) is 5.56 Å². The number of rotatable bonds is 1. The molecule has 1 aliphatic carbocycles. The van der Waals surface area contributed by atoms with Gasteiger partial charge in [0.1, 0.15) is 0 Å². The molecule has 0 N–H and O–H groups in total. The van der Waals surface area contributed by atoms with E-state index < -0.39 is 0 Å². The minimum absolute atomic E-state index is 0.160. The van der Waals surface area contributed by atoms with Crippen LogP contribution in [0.4, 0.5) is 0 Å². The highest BCUT2D eigenvalue weighted by atomic mass is 16.1. The molecule has 1 aromatic rings. The van der Waals surface area contributed by atoms with Gasteiger partial charge in [-0.1, -0.05) is 50.6 Å². The van der Waals surface area contributed by atoms with Crippen molar-refractivity contribution in [3.05, 3.63) is 47.0 Å². The number of hydrogen-bond donors (Lipinski definition) is 0. The second kappa shape index (κ2) is 3.65. The first kappa shape index (κ1) is 10.2. The molecule has 0 fully saturated rings. The SMILES string of the molecule is CC(C)C1=CC(=O)c2ccccc2C1C. The number of benzene rings is 1. The number of allylic oxidation sites excluding steroid dienone is 2. The van der Waals surface area contributed by atoms with Crippen molar-refractivity contribution in [3.8, 4) is 0 Å². The summed E-state index contributed by atoms with van der Waals surface area (Å²) in [5.74, 6) is 0.976. The summed E-state index contributed by atoms with van der Waals surface area (Å²) in [7, 11) is 0. The number of carbonyl (C=O) groups is 1. The number of carbonyl (C=O) groups excluding carboxylic acids is 1. The van der Waals surface area contributed by atoms with Gasteiger partial charge in [-0.3, -0.25) is 4.79 Å². The van der Waals surface area contributed by atoms with E-state index in [1.807, 2.05) is 24.3 Å².